The molecule has 10 heteroatoms. The van der Waals surface area contributed by atoms with Gasteiger partial charge in [0, 0.05) is 18.1 Å². The lowest BCUT2D eigenvalue weighted by Gasteiger charge is -2.33. The molecule has 1 saturated heterocycles. The number of methoxy groups -OCH3 is 1. The molecule has 7 nitrogen and oxygen atoms in total. The average molecular weight is 365 g/mol. The number of rotatable bonds is 4. The summed E-state index contributed by atoms with van der Waals surface area (Å²) in [6.45, 7) is -0.0251. The smallest absolute Gasteiger partial charge is 0.307 e. The van der Waals surface area contributed by atoms with E-state index in [9.17, 15) is 22.4 Å². The van der Waals surface area contributed by atoms with Gasteiger partial charge in [0.05, 0.1) is 13.5 Å². The van der Waals surface area contributed by atoms with Gasteiger partial charge in [-0.2, -0.15) is 4.31 Å². The number of carbonyl (C=O) groups is 2. The molecule has 23 heavy (non-hydrogen) atoms. The molecule has 0 saturated carbocycles. The molecule has 1 aliphatic rings. The number of piperazine rings is 1. The van der Waals surface area contributed by atoms with Crippen LogP contribution in [-0.2, 0) is 24.3 Å². The van der Waals surface area contributed by atoms with Crippen LogP contribution in [0.3, 0.4) is 0 Å². The molecular weight excluding hydrogens is 351 g/mol. The lowest BCUT2D eigenvalue weighted by Crippen LogP contribution is -2.57. The Balaban J connectivity index is 2.42. The Bertz CT molecular complexity index is 740. The number of hydrogen-bond donors (Lipinski definition) is 1. The van der Waals surface area contributed by atoms with E-state index in [0.717, 1.165) is 23.5 Å². The quantitative estimate of drug-likeness (QED) is 0.787. The van der Waals surface area contributed by atoms with E-state index in [1.165, 1.54) is 6.07 Å². The van der Waals surface area contributed by atoms with Gasteiger partial charge in [-0.25, -0.2) is 12.8 Å². The summed E-state index contributed by atoms with van der Waals surface area (Å²) in [4.78, 5) is 22.8. The first-order valence-corrected chi connectivity index (χ1v) is 8.40. The van der Waals surface area contributed by atoms with E-state index in [4.69, 9.17) is 11.6 Å². The number of esters is 1. The fourth-order valence-corrected chi connectivity index (χ4v) is 4.02. The van der Waals surface area contributed by atoms with Crippen LogP contribution in [0, 0.1) is 5.82 Å². The summed E-state index contributed by atoms with van der Waals surface area (Å²) in [6, 6.07) is 1.83. The van der Waals surface area contributed by atoms with Crippen LogP contribution in [0.1, 0.15) is 6.42 Å². The second kappa shape index (κ2) is 6.81. The van der Waals surface area contributed by atoms with Gasteiger partial charge in [-0.05, 0) is 18.2 Å². The molecule has 2 rings (SSSR count). The van der Waals surface area contributed by atoms with Crippen LogP contribution in [0.25, 0.3) is 0 Å². The van der Waals surface area contributed by atoms with Crippen LogP contribution < -0.4 is 5.32 Å². The predicted molar refractivity (Wildman–Crippen MR) is 78.7 cm³/mol. The van der Waals surface area contributed by atoms with E-state index >= 15 is 0 Å². The van der Waals surface area contributed by atoms with Gasteiger partial charge in [0.2, 0.25) is 15.9 Å². The van der Waals surface area contributed by atoms with Gasteiger partial charge in [0.1, 0.15) is 16.8 Å². The number of nitrogens with zero attached hydrogens (tertiary/aromatic N) is 1. The Hall–Kier alpha value is -1.71. The highest BCUT2D eigenvalue weighted by molar-refractivity contribution is 7.89. The van der Waals surface area contributed by atoms with Gasteiger partial charge in [0.15, 0.2) is 0 Å². The lowest BCUT2D eigenvalue weighted by molar-refractivity contribution is -0.144. The lowest BCUT2D eigenvalue weighted by atomic mass is 10.1. The number of sulfonamides is 1. The summed E-state index contributed by atoms with van der Waals surface area (Å²) >= 11 is 5.62. The highest BCUT2D eigenvalue weighted by atomic mass is 35.5. The molecule has 0 bridgehead atoms. The van der Waals surface area contributed by atoms with Gasteiger partial charge >= 0.3 is 5.97 Å². The summed E-state index contributed by atoms with van der Waals surface area (Å²) in [5.41, 5.74) is 0. The normalized spacial score (nSPS) is 19.3. The van der Waals surface area contributed by atoms with Crippen molar-refractivity contribution in [1.82, 2.24) is 9.62 Å². The molecule has 1 N–H and O–H groups in total. The minimum Gasteiger partial charge on any atom is -0.469 e. The molecule has 0 aliphatic carbocycles. The van der Waals surface area contributed by atoms with Gasteiger partial charge in [0.25, 0.3) is 0 Å². The number of nitrogens with one attached hydrogen (secondary N) is 1. The third-order valence-corrected chi connectivity index (χ3v) is 5.53. The molecular formula is C13H14ClFN2O5S. The molecule has 0 spiro atoms. The fourth-order valence-electron chi connectivity index (χ4n) is 2.23. The summed E-state index contributed by atoms with van der Waals surface area (Å²) in [5.74, 6) is -2.41. The maximum atomic E-state index is 14.0. The van der Waals surface area contributed by atoms with Crippen LogP contribution >= 0.6 is 11.6 Å². The van der Waals surface area contributed by atoms with Crippen LogP contribution in [0.2, 0.25) is 5.02 Å². The van der Waals surface area contributed by atoms with Crippen molar-refractivity contribution < 1.29 is 27.1 Å². The van der Waals surface area contributed by atoms with Crippen molar-refractivity contribution in [2.45, 2.75) is 17.4 Å². The van der Waals surface area contributed by atoms with E-state index in [2.05, 4.69) is 10.1 Å². The van der Waals surface area contributed by atoms with Gasteiger partial charge in [-0.1, -0.05) is 11.6 Å². The SMILES string of the molecule is COC(=O)CC1C(=O)NCCN1S(=O)(=O)c1ccc(Cl)cc1F. The molecule has 126 valence electrons. The molecule has 0 radical (unpaired) electrons. The molecule has 1 unspecified atom stereocenters. The van der Waals surface area contributed by atoms with Gasteiger partial charge < -0.3 is 10.1 Å². The molecule has 1 fully saturated rings. The largest absolute Gasteiger partial charge is 0.469 e. The van der Waals surface area contributed by atoms with Crippen molar-refractivity contribution in [3.63, 3.8) is 0 Å². The van der Waals surface area contributed by atoms with Crippen molar-refractivity contribution in [2.75, 3.05) is 20.2 Å². The van der Waals surface area contributed by atoms with E-state index in [-0.39, 0.29) is 18.1 Å². The Morgan fingerprint density at radius 3 is 2.83 bits per heavy atom. The zero-order valence-electron chi connectivity index (χ0n) is 12.1. The van der Waals surface area contributed by atoms with Crippen LogP contribution in [0.15, 0.2) is 23.1 Å². The molecule has 1 atom stereocenters. The average Bonchev–Trinajstić information content (AvgIpc) is 2.48. The van der Waals surface area contributed by atoms with Crippen molar-refractivity contribution >= 4 is 33.5 Å². The van der Waals surface area contributed by atoms with Gasteiger partial charge in [-0.15, -0.1) is 0 Å². The summed E-state index contributed by atoms with van der Waals surface area (Å²) < 4.78 is 44.6. The maximum absolute atomic E-state index is 14.0. The fraction of sp³-hybridized carbons (Fsp3) is 0.385. The topological polar surface area (TPSA) is 92.8 Å². The Morgan fingerprint density at radius 2 is 2.22 bits per heavy atom. The molecule has 1 amide bonds. The van der Waals surface area contributed by atoms with E-state index in [1.54, 1.807) is 0 Å². The summed E-state index contributed by atoms with van der Waals surface area (Å²) in [6.07, 6.45) is -0.462. The number of carbonyl (C=O) groups excluding carboxylic acids is 2. The second-order valence-electron chi connectivity index (χ2n) is 4.78. The Labute approximate surface area is 137 Å². The monoisotopic (exact) mass is 364 g/mol. The third kappa shape index (κ3) is 3.62. The standard InChI is InChI=1S/C13H14ClFN2O5S/c1-22-12(18)7-10-13(19)16-4-5-17(10)23(20,21)11-3-2-8(14)6-9(11)15/h2-3,6,10H,4-5,7H2,1H3,(H,16,19). The van der Waals surface area contributed by atoms with Crippen molar-refractivity contribution in [2.24, 2.45) is 0 Å². The molecule has 1 aliphatic heterocycles. The number of hydrogen-bond acceptors (Lipinski definition) is 5. The number of ether oxygens (including phenoxy) is 1. The molecule has 1 aromatic carbocycles. The zero-order valence-corrected chi connectivity index (χ0v) is 13.7. The van der Waals surface area contributed by atoms with Crippen molar-refractivity contribution in [3.05, 3.63) is 29.0 Å². The minimum atomic E-state index is -4.31. The zero-order chi connectivity index (χ0) is 17.2. The predicted octanol–water partition coefficient (Wildman–Crippen LogP) is 0.531. The van der Waals surface area contributed by atoms with Crippen LogP contribution in [-0.4, -0.2) is 50.8 Å². The number of benzene rings is 1. The molecule has 1 aromatic rings. The first kappa shape index (κ1) is 17.6. The number of halogens is 2. The third-order valence-electron chi connectivity index (χ3n) is 3.35. The first-order chi connectivity index (χ1) is 10.8. The highest BCUT2D eigenvalue weighted by Crippen LogP contribution is 2.25. The Morgan fingerprint density at radius 1 is 1.52 bits per heavy atom. The van der Waals surface area contributed by atoms with Crippen LogP contribution in [0.5, 0.6) is 0 Å². The second-order valence-corrected chi connectivity index (χ2v) is 7.07. The van der Waals surface area contributed by atoms with E-state index in [1.807, 2.05) is 0 Å². The van der Waals surface area contributed by atoms with Crippen molar-refractivity contribution in [3.8, 4) is 0 Å². The Kier molecular flexibility index (Phi) is 5.23. The summed E-state index contributed by atoms with van der Waals surface area (Å²) in [5, 5.41) is 2.52. The van der Waals surface area contributed by atoms with Crippen LogP contribution in [0.4, 0.5) is 4.39 Å². The van der Waals surface area contributed by atoms with E-state index in [0.29, 0.717) is 0 Å². The number of amides is 1. The minimum absolute atomic E-state index is 0.0453. The van der Waals surface area contributed by atoms with E-state index < -0.39 is 45.1 Å². The highest BCUT2D eigenvalue weighted by Gasteiger charge is 2.40. The van der Waals surface area contributed by atoms with Gasteiger partial charge in [-0.3, -0.25) is 9.59 Å². The molecule has 1 heterocycles. The van der Waals surface area contributed by atoms with Crippen molar-refractivity contribution in [1.29, 1.82) is 0 Å². The molecule has 0 aromatic heterocycles. The summed E-state index contributed by atoms with van der Waals surface area (Å²) in [7, 11) is -3.19. The maximum Gasteiger partial charge on any atom is 0.307 e. The first-order valence-electron chi connectivity index (χ1n) is 6.59.